The standard InChI is InChI=1S/C18H19BrN2O4/c1-21(11-17(22)20-16-7-5-4-6-15(16)19)18(23)12-8-13(24-2)10-14(9-12)25-3/h4-10H,11H2,1-3H3,(H,20,22). The van der Waals surface area contributed by atoms with Crippen LogP contribution in [0.3, 0.4) is 0 Å². The molecule has 2 aromatic carbocycles. The van der Waals surface area contributed by atoms with Crippen LogP contribution in [0.5, 0.6) is 11.5 Å². The molecule has 0 aliphatic rings. The van der Waals surface area contributed by atoms with E-state index in [9.17, 15) is 9.59 Å². The van der Waals surface area contributed by atoms with Crippen LogP contribution in [0, 0.1) is 0 Å². The fourth-order valence-corrected chi connectivity index (χ4v) is 2.57. The lowest BCUT2D eigenvalue weighted by atomic mass is 10.1. The number of carbonyl (C=O) groups is 2. The topological polar surface area (TPSA) is 67.9 Å². The van der Waals surface area contributed by atoms with Crippen molar-refractivity contribution in [1.29, 1.82) is 0 Å². The maximum absolute atomic E-state index is 12.6. The Morgan fingerprint density at radius 3 is 2.24 bits per heavy atom. The molecule has 0 fully saturated rings. The van der Waals surface area contributed by atoms with E-state index in [2.05, 4.69) is 21.2 Å². The van der Waals surface area contributed by atoms with Gasteiger partial charge in [0, 0.05) is 23.2 Å². The number of benzene rings is 2. The van der Waals surface area contributed by atoms with E-state index in [1.165, 1.54) is 19.1 Å². The minimum Gasteiger partial charge on any atom is -0.497 e. The molecule has 0 radical (unpaired) electrons. The summed E-state index contributed by atoms with van der Waals surface area (Å²) in [5, 5.41) is 2.76. The Balaban J connectivity index is 2.07. The first-order valence-electron chi connectivity index (χ1n) is 7.47. The van der Waals surface area contributed by atoms with Crippen LogP contribution in [-0.2, 0) is 4.79 Å². The minimum absolute atomic E-state index is 0.0836. The highest BCUT2D eigenvalue weighted by atomic mass is 79.9. The zero-order valence-corrected chi connectivity index (χ0v) is 15.8. The smallest absolute Gasteiger partial charge is 0.254 e. The van der Waals surface area contributed by atoms with Crippen molar-refractivity contribution in [2.75, 3.05) is 33.1 Å². The zero-order chi connectivity index (χ0) is 18.4. The molecule has 6 nitrogen and oxygen atoms in total. The van der Waals surface area contributed by atoms with Gasteiger partial charge in [0.05, 0.1) is 26.5 Å². The maximum Gasteiger partial charge on any atom is 0.254 e. The number of methoxy groups -OCH3 is 2. The van der Waals surface area contributed by atoms with Gasteiger partial charge in [-0.1, -0.05) is 12.1 Å². The highest BCUT2D eigenvalue weighted by Crippen LogP contribution is 2.23. The molecule has 0 aliphatic heterocycles. The van der Waals surface area contributed by atoms with Gasteiger partial charge in [-0.15, -0.1) is 0 Å². The molecule has 0 aliphatic carbocycles. The lowest BCUT2D eigenvalue weighted by Crippen LogP contribution is -2.35. The second-order valence-electron chi connectivity index (χ2n) is 5.29. The van der Waals surface area contributed by atoms with Crippen LogP contribution in [0.25, 0.3) is 0 Å². The van der Waals surface area contributed by atoms with Crippen molar-refractivity contribution in [2.45, 2.75) is 0 Å². The molecule has 0 atom stereocenters. The molecule has 132 valence electrons. The fraction of sp³-hybridized carbons (Fsp3) is 0.222. The summed E-state index contributed by atoms with van der Waals surface area (Å²) in [6.07, 6.45) is 0. The van der Waals surface area contributed by atoms with Crippen molar-refractivity contribution < 1.29 is 19.1 Å². The van der Waals surface area contributed by atoms with E-state index in [4.69, 9.17) is 9.47 Å². The Bertz CT molecular complexity index is 757. The maximum atomic E-state index is 12.6. The Labute approximate surface area is 154 Å². The summed E-state index contributed by atoms with van der Waals surface area (Å²) in [7, 11) is 4.59. The molecule has 2 aromatic rings. The monoisotopic (exact) mass is 406 g/mol. The van der Waals surface area contributed by atoms with E-state index in [0.29, 0.717) is 22.7 Å². The number of carbonyl (C=O) groups excluding carboxylic acids is 2. The van der Waals surface area contributed by atoms with Gasteiger partial charge in [-0.05, 0) is 40.2 Å². The van der Waals surface area contributed by atoms with Crippen LogP contribution in [0.2, 0.25) is 0 Å². The van der Waals surface area contributed by atoms with Crippen molar-refractivity contribution in [2.24, 2.45) is 0 Å². The summed E-state index contributed by atoms with van der Waals surface area (Å²) in [6.45, 7) is -0.0836. The molecule has 0 unspecified atom stereocenters. The number of hydrogen-bond donors (Lipinski definition) is 1. The number of ether oxygens (including phenoxy) is 2. The molecule has 2 rings (SSSR count). The van der Waals surface area contributed by atoms with Crippen LogP contribution >= 0.6 is 15.9 Å². The summed E-state index contributed by atoms with van der Waals surface area (Å²) >= 11 is 3.37. The minimum atomic E-state index is -0.306. The first kappa shape index (κ1) is 18.8. The van der Waals surface area contributed by atoms with Gasteiger partial charge >= 0.3 is 0 Å². The highest BCUT2D eigenvalue weighted by Gasteiger charge is 2.17. The van der Waals surface area contributed by atoms with Crippen molar-refractivity contribution in [3.05, 3.63) is 52.5 Å². The lowest BCUT2D eigenvalue weighted by molar-refractivity contribution is -0.116. The molecule has 1 N–H and O–H groups in total. The zero-order valence-electron chi connectivity index (χ0n) is 14.2. The molecule has 0 saturated heterocycles. The summed E-state index contributed by atoms with van der Waals surface area (Å²) in [5.41, 5.74) is 1.03. The second kappa shape index (κ2) is 8.53. The molecule has 0 saturated carbocycles. The van der Waals surface area contributed by atoms with Gasteiger partial charge in [-0.25, -0.2) is 0 Å². The molecule has 0 spiro atoms. The van der Waals surface area contributed by atoms with Gasteiger partial charge in [0.2, 0.25) is 5.91 Å². The van der Waals surface area contributed by atoms with E-state index in [1.807, 2.05) is 18.2 Å². The quantitative estimate of drug-likeness (QED) is 0.799. The Hall–Kier alpha value is -2.54. The van der Waals surface area contributed by atoms with Crippen molar-refractivity contribution in [1.82, 2.24) is 4.90 Å². The van der Waals surface area contributed by atoms with E-state index < -0.39 is 0 Å². The van der Waals surface area contributed by atoms with E-state index in [-0.39, 0.29) is 18.4 Å². The van der Waals surface area contributed by atoms with Crippen molar-refractivity contribution in [3.63, 3.8) is 0 Å². The van der Waals surface area contributed by atoms with Gasteiger partial charge in [-0.3, -0.25) is 9.59 Å². The van der Waals surface area contributed by atoms with Crippen LogP contribution < -0.4 is 14.8 Å². The van der Waals surface area contributed by atoms with E-state index in [1.54, 1.807) is 31.3 Å². The van der Waals surface area contributed by atoms with Gasteiger partial charge in [0.25, 0.3) is 5.91 Å². The number of anilines is 1. The molecule has 25 heavy (non-hydrogen) atoms. The predicted molar refractivity (Wildman–Crippen MR) is 99.3 cm³/mol. The van der Waals surface area contributed by atoms with Crippen LogP contribution in [-0.4, -0.2) is 44.5 Å². The van der Waals surface area contributed by atoms with Crippen molar-refractivity contribution >= 4 is 33.4 Å². The molecular weight excluding hydrogens is 388 g/mol. The number of halogens is 1. The number of nitrogens with one attached hydrogen (secondary N) is 1. The predicted octanol–water partition coefficient (Wildman–Crippen LogP) is 3.18. The summed E-state index contributed by atoms with van der Waals surface area (Å²) in [5.74, 6) is 0.416. The van der Waals surface area contributed by atoms with Gasteiger partial charge in [0.15, 0.2) is 0 Å². The van der Waals surface area contributed by atoms with Crippen molar-refractivity contribution in [3.8, 4) is 11.5 Å². The number of amides is 2. The Morgan fingerprint density at radius 2 is 1.68 bits per heavy atom. The number of hydrogen-bond acceptors (Lipinski definition) is 4. The third kappa shape index (κ3) is 4.96. The second-order valence-corrected chi connectivity index (χ2v) is 6.14. The molecule has 0 heterocycles. The molecular formula is C18H19BrN2O4. The molecule has 7 heteroatoms. The van der Waals surface area contributed by atoms with Gasteiger partial charge < -0.3 is 19.7 Å². The van der Waals surface area contributed by atoms with E-state index >= 15 is 0 Å². The largest absolute Gasteiger partial charge is 0.497 e. The summed E-state index contributed by atoms with van der Waals surface area (Å²) in [4.78, 5) is 26.1. The van der Waals surface area contributed by atoms with Crippen LogP contribution in [0.4, 0.5) is 5.69 Å². The number of likely N-dealkylation sites (N-methyl/N-ethyl adjacent to an activating group) is 1. The number of nitrogens with zero attached hydrogens (tertiary/aromatic N) is 1. The van der Waals surface area contributed by atoms with Gasteiger partial charge in [-0.2, -0.15) is 0 Å². The first-order valence-corrected chi connectivity index (χ1v) is 8.26. The third-order valence-corrected chi connectivity index (χ3v) is 4.17. The van der Waals surface area contributed by atoms with Crippen LogP contribution in [0.15, 0.2) is 46.9 Å². The Morgan fingerprint density at radius 1 is 1.08 bits per heavy atom. The first-order chi connectivity index (χ1) is 11.9. The molecule has 0 aromatic heterocycles. The summed E-state index contributed by atoms with van der Waals surface area (Å²) < 4.78 is 11.1. The normalized spacial score (nSPS) is 10.1. The SMILES string of the molecule is COc1cc(OC)cc(C(=O)N(C)CC(=O)Nc2ccccc2Br)c1. The molecule has 2 amide bonds. The highest BCUT2D eigenvalue weighted by molar-refractivity contribution is 9.10. The fourth-order valence-electron chi connectivity index (χ4n) is 2.19. The summed E-state index contributed by atoms with van der Waals surface area (Å²) in [6, 6.07) is 12.2. The Kier molecular flexibility index (Phi) is 6.41. The third-order valence-electron chi connectivity index (χ3n) is 3.47. The lowest BCUT2D eigenvalue weighted by Gasteiger charge is -2.18. The van der Waals surface area contributed by atoms with Gasteiger partial charge in [0.1, 0.15) is 11.5 Å². The van der Waals surface area contributed by atoms with Crippen LogP contribution in [0.1, 0.15) is 10.4 Å². The average Bonchev–Trinajstić information content (AvgIpc) is 2.62. The van der Waals surface area contributed by atoms with E-state index in [0.717, 1.165) is 4.47 Å². The number of para-hydroxylation sites is 1. The molecule has 0 bridgehead atoms. The number of rotatable bonds is 6. The average molecular weight is 407 g/mol.